The van der Waals surface area contributed by atoms with Gasteiger partial charge in [0.05, 0.1) is 0 Å². The highest BCUT2D eigenvalue weighted by molar-refractivity contribution is 14.0. The van der Waals surface area contributed by atoms with E-state index in [1.54, 1.807) is 13.1 Å². The molecule has 1 heterocycles. The average Bonchev–Trinajstić information content (AvgIpc) is 2.62. The van der Waals surface area contributed by atoms with Crippen molar-refractivity contribution in [1.29, 1.82) is 0 Å². The summed E-state index contributed by atoms with van der Waals surface area (Å²) in [6.45, 7) is 8.13. The summed E-state index contributed by atoms with van der Waals surface area (Å²) in [4.78, 5) is 8.70. The first kappa shape index (κ1) is 23.8. The third-order valence-electron chi connectivity index (χ3n) is 4.60. The monoisotopic (exact) mass is 489 g/mol. The Morgan fingerprint density at radius 1 is 1.37 bits per heavy atom. The van der Waals surface area contributed by atoms with Gasteiger partial charge in [-0.1, -0.05) is 12.1 Å². The number of nitrogens with one attached hydrogen (secondary N) is 2. The van der Waals surface area contributed by atoms with E-state index in [-0.39, 0.29) is 29.8 Å². The molecule has 152 valence electrons. The van der Waals surface area contributed by atoms with E-state index >= 15 is 0 Å². The first-order valence-corrected chi connectivity index (χ1v) is 9.24. The normalized spacial score (nSPS) is 16.1. The molecule has 1 fully saturated rings. The second kappa shape index (κ2) is 12.3. The van der Waals surface area contributed by atoms with Crippen LogP contribution in [0.1, 0.15) is 24.0 Å². The molecule has 0 bridgehead atoms. The molecular formula is C20H33FIN5. The highest BCUT2D eigenvalue weighted by Gasteiger charge is 2.19. The van der Waals surface area contributed by atoms with Gasteiger partial charge in [0.2, 0.25) is 0 Å². The molecular weight excluding hydrogens is 456 g/mol. The Labute approximate surface area is 180 Å². The fraction of sp³-hybridized carbons (Fsp3) is 0.550. The minimum Gasteiger partial charge on any atom is -0.354 e. The Balaban J connectivity index is 0.00000364. The number of nitrogens with zero attached hydrogens (tertiary/aromatic N) is 3. The number of aliphatic imine (C=N–C) groups is 1. The predicted molar refractivity (Wildman–Crippen MR) is 122 cm³/mol. The van der Waals surface area contributed by atoms with Crippen LogP contribution in [-0.4, -0.2) is 62.6 Å². The van der Waals surface area contributed by atoms with E-state index in [1.807, 2.05) is 37.2 Å². The molecule has 5 nitrogen and oxygen atoms in total. The van der Waals surface area contributed by atoms with Crippen molar-refractivity contribution in [3.05, 3.63) is 47.8 Å². The molecule has 0 aliphatic carbocycles. The van der Waals surface area contributed by atoms with Crippen molar-refractivity contribution < 1.29 is 4.39 Å². The van der Waals surface area contributed by atoms with Crippen molar-refractivity contribution in [3.63, 3.8) is 0 Å². The van der Waals surface area contributed by atoms with Crippen LogP contribution in [0.25, 0.3) is 0 Å². The van der Waals surface area contributed by atoms with E-state index in [2.05, 4.69) is 27.1 Å². The molecule has 27 heavy (non-hydrogen) atoms. The smallest absolute Gasteiger partial charge is 0.191 e. The lowest BCUT2D eigenvalue weighted by Crippen LogP contribution is -2.48. The van der Waals surface area contributed by atoms with Gasteiger partial charge in [0.25, 0.3) is 0 Å². The standard InChI is InChI=1S/C20H32FN5.HI/c1-5-10-26-11-8-18(9-12-26)24-20(22-2)23-14-16-6-7-19(21)17(13-16)15-25(3)4;/h5-7,13,18H,1,8-12,14-15H2,2-4H3,(H2,22,23,24);1H. The van der Waals surface area contributed by atoms with Crippen LogP contribution in [0.3, 0.4) is 0 Å². The Morgan fingerprint density at radius 2 is 2.07 bits per heavy atom. The van der Waals surface area contributed by atoms with Crippen molar-refractivity contribution in [2.45, 2.75) is 32.0 Å². The lowest BCUT2D eigenvalue weighted by atomic mass is 10.1. The van der Waals surface area contributed by atoms with E-state index in [1.165, 1.54) is 0 Å². The average molecular weight is 489 g/mol. The highest BCUT2D eigenvalue weighted by atomic mass is 127. The summed E-state index contributed by atoms with van der Waals surface area (Å²) in [6, 6.07) is 5.72. The summed E-state index contributed by atoms with van der Waals surface area (Å²) in [6.07, 6.45) is 4.15. The molecule has 0 unspecified atom stereocenters. The lowest BCUT2D eigenvalue weighted by molar-refractivity contribution is 0.225. The summed E-state index contributed by atoms with van der Waals surface area (Å²) < 4.78 is 13.9. The molecule has 7 heteroatoms. The molecule has 0 radical (unpaired) electrons. The molecule has 1 aliphatic heterocycles. The van der Waals surface area contributed by atoms with E-state index < -0.39 is 0 Å². The van der Waals surface area contributed by atoms with Gasteiger partial charge < -0.3 is 15.5 Å². The number of guanidine groups is 1. The molecule has 0 saturated carbocycles. The van der Waals surface area contributed by atoms with E-state index in [0.717, 1.165) is 44.0 Å². The van der Waals surface area contributed by atoms with Gasteiger partial charge in [0, 0.05) is 51.4 Å². The quantitative estimate of drug-likeness (QED) is 0.268. The Bertz CT molecular complexity index is 612. The van der Waals surface area contributed by atoms with Crippen molar-refractivity contribution in [2.24, 2.45) is 4.99 Å². The van der Waals surface area contributed by atoms with Crippen LogP contribution in [0.2, 0.25) is 0 Å². The van der Waals surface area contributed by atoms with Gasteiger partial charge in [-0.2, -0.15) is 0 Å². The summed E-state index contributed by atoms with van der Waals surface area (Å²) >= 11 is 0. The second-order valence-electron chi connectivity index (χ2n) is 7.10. The Kier molecular flexibility index (Phi) is 10.9. The number of halogens is 2. The predicted octanol–water partition coefficient (Wildman–Crippen LogP) is 2.82. The zero-order chi connectivity index (χ0) is 18.9. The van der Waals surface area contributed by atoms with Gasteiger partial charge in [-0.15, -0.1) is 30.6 Å². The molecule has 0 atom stereocenters. The molecule has 2 N–H and O–H groups in total. The number of hydrogen-bond acceptors (Lipinski definition) is 3. The van der Waals surface area contributed by atoms with Crippen LogP contribution in [0.4, 0.5) is 4.39 Å². The van der Waals surface area contributed by atoms with E-state index in [4.69, 9.17) is 0 Å². The first-order chi connectivity index (χ1) is 12.5. The van der Waals surface area contributed by atoms with Gasteiger partial charge in [-0.25, -0.2) is 4.39 Å². The molecule has 1 aromatic rings. The van der Waals surface area contributed by atoms with Crippen LogP contribution in [0.5, 0.6) is 0 Å². The summed E-state index contributed by atoms with van der Waals surface area (Å²) in [5.74, 6) is 0.641. The third kappa shape index (κ3) is 8.15. The molecule has 1 saturated heterocycles. The number of benzene rings is 1. The number of piperidine rings is 1. The summed E-state index contributed by atoms with van der Waals surface area (Å²) in [5, 5.41) is 6.84. The van der Waals surface area contributed by atoms with Gasteiger partial charge in [-0.05, 0) is 44.6 Å². The van der Waals surface area contributed by atoms with Crippen molar-refractivity contribution >= 4 is 29.9 Å². The molecule has 1 aromatic carbocycles. The van der Waals surface area contributed by atoms with Gasteiger partial charge >= 0.3 is 0 Å². The van der Waals surface area contributed by atoms with Crippen LogP contribution >= 0.6 is 24.0 Å². The fourth-order valence-electron chi connectivity index (χ4n) is 3.22. The van der Waals surface area contributed by atoms with Crippen molar-refractivity contribution in [2.75, 3.05) is 40.8 Å². The van der Waals surface area contributed by atoms with Gasteiger partial charge in [0.1, 0.15) is 5.82 Å². The maximum Gasteiger partial charge on any atom is 0.191 e. The molecule has 0 amide bonds. The van der Waals surface area contributed by atoms with Crippen LogP contribution in [0.15, 0.2) is 35.8 Å². The summed E-state index contributed by atoms with van der Waals surface area (Å²) in [7, 11) is 5.66. The third-order valence-corrected chi connectivity index (χ3v) is 4.60. The Morgan fingerprint density at radius 3 is 2.67 bits per heavy atom. The van der Waals surface area contributed by atoms with Crippen LogP contribution in [0, 0.1) is 5.82 Å². The van der Waals surface area contributed by atoms with E-state index in [9.17, 15) is 4.39 Å². The number of likely N-dealkylation sites (tertiary alicyclic amines) is 1. The van der Waals surface area contributed by atoms with Gasteiger partial charge in [-0.3, -0.25) is 9.89 Å². The Hall–Kier alpha value is -1.19. The summed E-state index contributed by atoms with van der Waals surface area (Å²) in [5.41, 5.74) is 1.76. The first-order valence-electron chi connectivity index (χ1n) is 9.24. The SMILES string of the molecule is C=CCN1CCC(NC(=NC)NCc2ccc(F)c(CN(C)C)c2)CC1.I. The minimum absolute atomic E-state index is 0. The van der Waals surface area contributed by atoms with Gasteiger partial charge in [0.15, 0.2) is 5.96 Å². The van der Waals surface area contributed by atoms with Crippen LogP contribution in [-0.2, 0) is 13.1 Å². The number of hydrogen-bond donors (Lipinski definition) is 2. The molecule has 0 spiro atoms. The highest BCUT2D eigenvalue weighted by Crippen LogP contribution is 2.13. The molecule has 0 aromatic heterocycles. The van der Waals surface area contributed by atoms with Crippen LogP contribution < -0.4 is 10.6 Å². The lowest BCUT2D eigenvalue weighted by Gasteiger charge is -2.32. The van der Waals surface area contributed by atoms with Crippen molar-refractivity contribution in [1.82, 2.24) is 20.4 Å². The zero-order valence-corrected chi connectivity index (χ0v) is 19.0. The second-order valence-corrected chi connectivity index (χ2v) is 7.10. The number of rotatable bonds is 7. The topological polar surface area (TPSA) is 42.9 Å². The maximum atomic E-state index is 13.9. The van der Waals surface area contributed by atoms with Crippen molar-refractivity contribution in [3.8, 4) is 0 Å². The minimum atomic E-state index is -0.156. The largest absolute Gasteiger partial charge is 0.354 e. The molecule has 2 rings (SSSR count). The fourth-order valence-corrected chi connectivity index (χ4v) is 3.22. The molecule has 1 aliphatic rings. The van der Waals surface area contributed by atoms with E-state index in [0.29, 0.717) is 24.7 Å². The zero-order valence-electron chi connectivity index (χ0n) is 16.7. The maximum absolute atomic E-state index is 13.9.